The summed E-state index contributed by atoms with van der Waals surface area (Å²) in [6, 6.07) is 7.58. The lowest BCUT2D eigenvalue weighted by Crippen LogP contribution is -2.29. The van der Waals surface area contributed by atoms with Crippen molar-refractivity contribution in [2.24, 2.45) is 0 Å². The Morgan fingerprint density at radius 2 is 2.25 bits per heavy atom. The molecule has 1 aromatic carbocycles. The maximum atomic E-state index is 11.5. The van der Waals surface area contributed by atoms with Crippen molar-refractivity contribution in [2.75, 3.05) is 0 Å². The average molecular weight is 215 g/mol. The van der Waals surface area contributed by atoms with Gasteiger partial charge in [-0.3, -0.25) is 4.79 Å². The van der Waals surface area contributed by atoms with E-state index in [2.05, 4.69) is 11.9 Å². The molecule has 1 aliphatic heterocycles. The van der Waals surface area contributed by atoms with Crippen LogP contribution in [0.15, 0.2) is 48.4 Å². The minimum absolute atomic E-state index is 0.238. The highest BCUT2D eigenvalue weighted by Gasteiger charge is 2.17. The van der Waals surface area contributed by atoms with Crippen LogP contribution in [0, 0.1) is 6.92 Å². The molecular formula is C13H13NO2. The lowest BCUT2D eigenvalue weighted by Gasteiger charge is -2.16. The highest BCUT2D eigenvalue weighted by Crippen LogP contribution is 2.18. The number of ether oxygens (including phenoxy) is 1. The molecule has 1 N–H and O–H groups in total. The van der Waals surface area contributed by atoms with Crippen LogP contribution in [0.2, 0.25) is 0 Å². The monoisotopic (exact) mass is 215 g/mol. The molecule has 0 bridgehead atoms. The number of hydrogen-bond donors (Lipinski definition) is 1. The van der Waals surface area contributed by atoms with Gasteiger partial charge in [0.2, 0.25) is 0 Å². The third kappa shape index (κ3) is 2.31. The van der Waals surface area contributed by atoms with Crippen molar-refractivity contribution in [3.63, 3.8) is 0 Å². The van der Waals surface area contributed by atoms with Crippen LogP contribution in [-0.2, 0) is 4.79 Å². The summed E-state index contributed by atoms with van der Waals surface area (Å²) in [6.45, 7) is 5.66. The Morgan fingerprint density at radius 3 is 2.94 bits per heavy atom. The number of allylic oxidation sites excluding steroid dienone is 1. The highest BCUT2D eigenvalue weighted by molar-refractivity contribution is 5.94. The number of carbonyl (C=O) groups is 1. The first-order valence-corrected chi connectivity index (χ1v) is 5.09. The molecule has 0 aliphatic carbocycles. The normalized spacial score (nSPS) is 15.4. The summed E-state index contributed by atoms with van der Waals surface area (Å²) in [7, 11) is 0. The van der Waals surface area contributed by atoms with Crippen LogP contribution in [-0.4, -0.2) is 5.91 Å². The molecule has 3 heteroatoms. The van der Waals surface area contributed by atoms with E-state index in [4.69, 9.17) is 4.74 Å². The Bertz CT molecular complexity index is 475. The zero-order valence-electron chi connectivity index (χ0n) is 9.12. The molecule has 1 aliphatic rings. The minimum Gasteiger partial charge on any atom is -0.452 e. The predicted molar refractivity (Wildman–Crippen MR) is 61.8 cm³/mol. The lowest BCUT2D eigenvalue weighted by atomic mass is 10.2. The van der Waals surface area contributed by atoms with Crippen molar-refractivity contribution < 1.29 is 9.53 Å². The summed E-state index contributed by atoms with van der Waals surface area (Å²) in [6.07, 6.45) is 2.36. The van der Waals surface area contributed by atoms with Gasteiger partial charge in [-0.15, -0.1) is 0 Å². The van der Waals surface area contributed by atoms with Gasteiger partial charge in [0.05, 0.1) is 0 Å². The number of carbonyl (C=O) groups excluding carboxylic acids is 1. The summed E-state index contributed by atoms with van der Waals surface area (Å²) in [4.78, 5) is 11.5. The fourth-order valence-electron chi connectivity index (χ4n) is 1.48. The van der Waals surface area contributed by atoms with E-state index in [1.54, 1.807) is 6.08 Å². The Labute approximate surface area is 94.4 Å². The molecule has 0 aromatic heterocycles. The second-order valence-corrected chi connectivity index (χ2v) is 3.75. The molecule has 0 atom stereocenters. The summed E-state index contributed by atoms with van der Waals surface area (Å²) in [5.74, 6) is 0.768. The van der Waals surface area contributed by atoms with E-state index in [0.717, 1.165) is 5.56 Å². The Morgan fingerprint density at radius 1 is 1.44 bits per heavy atom. The van der Waals surface area contributed by atoms with Gasteiger partial charge in [-0.25, -0.2) is 0 Å². The van der Waals surface area contributed by atoms with Crippen molar-refractivity contribution in [2.45, 2.75) is 13.3 Å². The first kappa shape index (κ1) is 10.5. The summed E-state index contributed by atoms with van der Waals surface area (Å²) in [5, 5.41) is 2.64. The average Bonchev–Trinajstić information content (AvgIpc) is 2.22. The summed E-state index contributed by atoms with van der Waals surface area (Å²) < 4.78 is 5.50. The Hall–Kier alpha value is -2.03. The number of benzene rings is 1. The molecule has 1 aromatic rings. The summed E-state index contributed by atoms with van der Waals surface area (Å²) in [5.41, 5.74) is 1.79. The third-order valence-corrected chi connectivity index (χ3v) is 2.27. The second kappa shape index (κ2) is 4.23. The van der Waals surface area contributed by atoms with Crippen LogP contribution in [0.5, 0.6) is 5.75 Å². The van der Waals surface area contributed by atoms with Crippen LogP contribution in [0.25, 0.3) is 0 Å². The van der Waals surface area contributed by atoms with E-state index in [-0.39, 0.29) is 5.91 Å². The van der Waals surface area contributed by atoms with E-state index < -0.39 is 0 Å². The summed E-state index contributed by atoms with van der Waals surface area (Å²) >= 11 is 0. The third-order valence-electron chi connectivity index (χ3n) is 2.27. The lowest BCUT2D eigenvalue weighted by molar-refractivity contribution is -0.119. The van der Waals surface area contributed by atoms with Gasteiger partial charge in [0, 0.05) is 12.1 Å². The smallest absolute Gasteiger partial charge is 0.290 e. The predicted octanol–water partition coefficient (Wildman–Crippen LogP) is 2.29. The van der Waals surface area contributed by atoms with Crippen molar-refractivity contribution >= 4 is 5.91 Å². The van der Waals surface area contributed by atoms with Crippen LogP contribution < -0.4 is 10.1 Å². The van der Waals surface area contributed by atoms with Crippen molar-refractivity contribution in [1.82, 2.24) is 5.32 Å². The van der Waals surface area contributed by atoms with Gasteiger partial charge < -0.3 is 10.1 Å². The number of nitrogens with one attached hydrogen (secondary N) is 1. The number of amides is 1. The van der Waals surface area contributed by atoms with E-state index >= 15 is 0 Å². The van der Waals surface area contributed by atoms with Gasteiger partial charge in [0.25, 0.3) is 5.91 Å². The molecule has 1 amide bonds. The van der Waals surface area contributed by atoms with Crippen LogP contribution >= 0.6 is 0 Å². The minimum atomic E-state index is -0.238. The van der Waals surface area contributed by atoms with Gasteiger partial charge in [-0.2, -0.15) is 0 Å². The van der Waals surface area contributed by atoms with Crippen molar-refractivity contribution in [3.8, 4) is 5.75 Å². The Kier molecular flexibility index (Phi) is 2.77. The van der Waals surface area contributed by atoms with Gasteiger partial charge in [-0.05, 0) is 30.7 Å². The van der Waals surface area contributed by atoms with E-state index in [1.165, 1.54) is 0 Å². The molecule has 0 radical (unpaired) electrons. The van der Waals surface area contributed by atoms with Crippen molar-refractivity contribution in [3.05, 3.63) is 53.9 Å². The largest absolute Gasteiger partial charge is 0.452 e. The molecule has 82 valence electrons. The molecule has 0 saturated carbocycles. The molecule has 1 heterocycles. The molecule has 16 heavy (non-hydrogen) atoms. The maximum absolute atomic E-state index is 11.5. The van der Waals surface area contributed by atoms with Crippen LogP contribution in [0.1, 0.15) is 12.0 Å². The topological polar surface area (TPSA) is 38.3 Å². The standard InChI is InChI=1S/C13H13NO2/c1-9-4-3-5-11(8-9)16-12-7-6-10(2)14-13(12)15/h3-5,7-8H,2,6H2,1H3,(H,14,15). The quantitative estimate of drug-likeness (QED) is 0.822. The zero-order valence-corrected chi connectivity index (χ0v) is 9.12. The number of aryl methyl sites for hydroxylation is 1. The molecule has 0 fully saturated rings. The van der Waals surface area contributed by atoms with E-state index in [0.29, 0.717) is 23.6 Å². The molecule has 2 rings (SSSR count). The molecule has 3 nitrogen and oxygen atoms in total. The van der Waals surface area contributed by atoms with Crippen molar-refractivity contribution in [1.29, 1.82) is 0 Å². The van der Waals surface area contributed by atoms with E-state index in [1.807, 2.05) is 31.2 Å². The van der Waals surface area contributed by atoms with Gasteiger partial charge >= 0.3 is 0 Å². The SMILES string of the molecule is C=C1CC=C(Oc2cccc(C)c2)C(=O)N1. The first-order valence-electron chi connectivity index (χ1n) is 5.09. The fraction of sp³-hybridized carbons (Fsp3) is 0.154. The molecule has 0 spiro atoms. The second-order valence-electron chi connectivity index (χ2n) is 3.75. The van der Waals surface area contributed by atoms with Gasteiger partial charge in [0.15, 0.2) is 5.76 Å². The highest BCUT2D eigenvalue weighted by atomic mass is 16.5. The maximum Gasteiger partial charge on any atom is 0.290 e. The Balaban J connectivity index is 2.16. The number of rotatable bonds is 2. The fourth-order valence-corrected chi connectivity index (χ4v) is 1.48. The van der Waals surface area contributed by atoms with Gasteiger partial charge in [-0.1, -0.05) is 18.7 Å². The van der Waals surface area contributed by atoms with Crippen LogP contribution in [0.3, 0.4) is 0 Å². The molecule has 0 saturated heterocycles. The van der Waals surface area contributed by atoms with Crippen LogP contribution in [0.4, 0.5) is 0 Å². The first-order chi connectivity index (χ1) is 7.65. The molecule has 0 unspecified atom stereocenters. The van der Waals surface area contributed by atoms with Gasteiger partial charge in [0.1, 0.15) is 5.75 Å². The number of hydrogen-bond acceptors (Lipinski definition) is 2. The van der Waals surface area contributed by atoms with E-state index in [9.17, 15) is 4.79 Å². The molecular weight excluding hydrogens is 202 g/mol. The zero-order chi connectivity index (χ0) is 11.5.